The van der Waals surface area contributed by atoms with Crippen LogP contribution in [0.5, 0.6) is 0 Å². The Morgan fingerprint density at radius 3 is 2.65 bits per heavy atom. The van der Waals surface area contributed by atoms with Crippen LogP contribution in [0.15, 0.2) is 27.6 Å². The van der Waals surface area contributed by atoms with Crippen LogP contribution >= 0.6 is 15.9 Å². The first-order chi connectivity index (χ1) is 8.00. The monoisotopic (exact) mass is 296 g/mol. The van der Waals surface area contributed by atoms with Gasteiger partial charge in [-0.1, -0.05) is 13.8 Å². The van der Waals surface area contributed by atoms with Crippen LogP contribution in [0, 0.1) is 0 Å². The maximum absolute atomic E-state index is 11.9. The highest BCUT2D eigenvalue weighted by atomic mass is 79.9. The quantitative estimate of drug-likeness (QED) is 0.890. The largest absolute Gasteiger partial charge is 0.393 e. The maximum Gasteiger partial charge on any atom is 0.296 e. The van der Waals surface area contributed by atoms with Crippen molar-refractivity contribution < 1.29 is 0 Å². The number of aromatic amines is 1. The molecule has 2 aromatic heterocycles. The first-order valence-electron chi connectivity index (χ1n) is 5.23. The number of hydrogen-bond acceptors (Lipinski definition) is 3. The van der Waals surface area contributed by atoms with Gasteiger partial charge in [-0.2, -0.15) is 4.68 Å². The maximum atomic E-state index is 11.9. The standard InChI is InChI=1S/C11H13BrN4O/c1-6(2)10-9(13)11(17)16(15-10)8-4-3-7(12)5-14-8/h3-6,15H,13H2,1-2H3. The fraction of sp³-hybridized carbons (Fsp3) is 0.273. The zero-order chi connectivity index (χ0) is 12.6. The fourth-order valence-electron chi connectivity index (χ4n) is 1.57. The summed E-state index contributed by atoms with van der Waals surface area (Å²) >= 11 is 3.29. The summed E-state index contributed by atoms with van der Waals surface area (Å²) < 4.78 is 2.22. The summed E-state index contributed by atoms with van der Waals surface area (Å²) in [6.07, 6.45) is 1.63. The van der Waals surface area contributed by atoms with Gasteiger partial charge in [-0.25, -0.2) is 4.98 Å². The average Bonchev–Trinajstić information content (AvgIpc) is 2.58. The van der Waals surface area contributed by atoms with Crippen LogP contribution in [-0.4, -0.2) is 14.8 Å². The van der Waals surface area contributed by atoms with Gasteiger partial charge in [0.15, 0.2) is 5.82 Å². The molecule has 0 aliphatic rings. The minimum Gasteiger partial charge on any atom is -0.393 e. The molecule has 0 aromatic carbocycles. The van der Waals surface area contributed by atoms with E-state index in [1.165, 1.54) is 4.68 Å². The lowest BCUT2D eigenvalue weighted by Crippen LogP contribution is -2.17. The summed E-state index contributed by atoms with van der Waals surface area (Å²) in [4.78, 5) is 16.1. The van der Waals surface area contributed by atoms with Crippen molar-refractivity contribution >= 4 is 21.6 Å². The van der Waals surface area contributed by atoms with Crippen molar-refractivity contribution in [2.45, 2.75) is 19.8 Å². The Morgan fingerprint density at radius 2 is 2.18 bits per heavy atom. The van der Waals surface area contributed by atoms with Gasteiger partial charge in [-0.3, -0.25) is 9.89 Å². The molecule has 0 saturated heterocycles. The number of nitrogens with zero attached hydrogens (tertiary/aromatic N) is 2. The number of pyridine rings is 1. The zero-order valence-corrected chi connectivity index (χ0v) is 11.2. The van der Waals surface area contributed by atoms with Crippen LogP contribution in [0.4, 0.5) is 5.69 Å². The summed E-state index contributed by atoms with van der Waals surface area (Å²) in [5.41, 5.74) is 6.50. The first-order valence-corrected chi connectivity index (χ1v) is 6.02. The minimum absolute atomic E-state index is 0.166. The van der Waals surface area contributed by atoms with Crippen molar-refractivity contribution in [2.75, 3.05) is 5.73 Å². The van der Waals surface area contributed by atoms with Crippen LogP contribution in [-0.2, 0) is 0 Å². The van der Waals surface area contributed by atoms with E-state index >= 15 is 0 Å². The Bertz CT molecular complexity index is 583. The number of rotatable bonds is 2. The van der Waals surface area contributed by atoms with Crippen molar-refractivity contribution in [2.24, 2.45) is 0 Å². The van der Waals surface area contributed by atoms with E-state index in [0.29, 0.717) is 5.82 Å². The second-order valence-electron chi connectivity index (χ2n) is 4.07. The highest BCUT2D eigenvalue weighted by Gasteiger charge is 2.15. The van der Waals surface area contributed by atoms with Crippen molar-refractivity contribution in [3.8, 4) is 5.82 Å². The summed E-state index contributed by atoms with van der Waals surface area (Å²) in [5.74, 6) is 0.691. The third-order valence-electron chi connectivity index (χ3n) is 2.47. The van der Waals surface area contributed by atoms with Crippen LogP contribution < -0.4 is 11.3 Å². The van der Waals surface area contributed by atoms with Crippen molar-refractivity contribution in [1.29, 1.82) is 0 Å². The van der Waals surface area contributed by atoms with Crippen molar-refractivity contribution in [1.82, 2.24) is 14.8 Å². The van der Waals surface area contributed by atoms with E-state index in [1.54, 1.807) is 12.3 Å². The Kier molecular flexibility index (Phi) is 3.06. The van der Waals surface area contributed by atoms with Gasteiger partial charge in [0.05, 0.1) is 5.69 Å². The summed E-state index contributed by atoms with van der Waals surface area (Å²) in [6, 6.07) is 3.56. The molecule has 2 aromatic rings. The van der Waals surface area contributed by atoms with Gasteiger partial charge in [0.2, 0.25) is 0 Å². The van der Waals surface area contributed by atoms with E-state index in [2.05, 4.69) is 26.0 Å². The average molecular weight is 297 g/mol. The third-order valence-corrected chi connectivity index (χ3v) is 2.94. The normalized spacial score (nSPS) is 11.1. The molecule has 0 atom stereocenters. The van der Waals surface area contributed by atoms with Crippen molar-refractivity contribution in [3.63, 3.8) is 0 Å². The zero-order valence-electron chi connectivity index (χ0n) is 9.57. The third kappa shape index (κ3) is 2.12. The lowest BCUT2D eigenvalue weighted by Gasteiger charge is -2.02. The van der Waals surface area contributed by atoms with E-state index < -0.39 is 0 Å². The number of halogens is 1. The molecule has 0 bridgehead atoms. The first kappa shape index (κ1) is 11.9. The van der Waals surface area contributed by atoms with Gasteiger partial charge in [0.1, 0.15) is 5.69 Å². The van der Waals surface area contributed by atoms with Gasteiger partial charge in [-0.05, 0) is 34.0 Å². The Hall–Kier alpha value is -1.56. The molecule has 0 spiro atoms. The molecular weight excluding hydrogens is 284 g/mol. The molecule has 2 rings (SSSR count). The van der Waals surface area contributed by atoms with Crippen LogP contribution in [0.2, 0.25) is 0 Å². The molecule has 0 unspecified atom stereocenters. The minimum atomic E-state index is -0.261. The van der Waals surface area contributed by atoms with Gasteiger partial charge >= 0.3 is 0 Å². The molecule has 3 N–H and O–H groups in total. The Labute approximate surface area is 107 Å². The predicted molar refractivity (Wildman–Crippen MR) is 70.4 cm³/mol. The number of H-pyrrole nitrogens is 1. The molecule has 90 valence electrons. The molecule has 0 radical (unpaired) electrons. The molecule has 0 fully saturated rings. The molecule has 0 amide bonds. The van der Waals surface area contributed by atoms with Gasteiger partial charge in [0, 0.05) is 10.7 Å². The number of aromatic nitrogens is 3. The second kappa shape index (κ2) is 4.37. The van der Waals surface area contributed by atoms with Crippen LogP contribution in [0.3, 0.4) is 0 Å². The number of anilines is 1. The molecule has 0 saturated carbocycles. The topological polar surface area (TPSA) is 76.7 Å². The SMILES string of the molecule is CC(C)c1[nH]n(-c2ccc(Br)cn2)c(=O)c1N. The summed E-state index contributed by atoms with van der Waals surface area (Å²) in [6.45, 7) is 3.95. The Morgan fingerprint density at radius 1 is 1.47 bits per heavy atom. The number of nitrogen functional groups attached to an aromatic ring is 1. The van der Waals surface area contributed by atoms with Gasteiger partial charge in [0.25, 0.3) is 5.56 Å². The lowest BCUT2D eigenvalue weighted by molar-refractivity contribution is 0.748. The summed E-state index contributed by atoms with van der Waals surface area (Å²) in [7, 11) is 0. The Balaban J connectivity index is 2.57. The van der Waals surface area contributed by atoms with E-state index in [4.69, 9.17) is 5.73 Å². The van der Waals surface area contributed by atoms with Crippen LogP contribution in [0.1, 0.15) is 25.5 Å². The molecule has 0 aliphatic heterocycles. The molecule has 17 heavy (non-hydrogen) atoms. The van der Waals surface area contributed by atoms with E-state index in [0.717, 1.165) is 10.2 Å². The molecule has 0 aliphatic carbocycles. The molecule has 5 nitrogen and oxygen atoms in total. The van der Waals surface area contributed by atoms with E-state index in [9.17, 15) is 4.79 Å². The highest BCUT2D eigenvalue weighted by Crippen LogP contribution is 2.17. The van der Waals surface area contributed by atoms with E-state index in [-0.39, 0.29) is 17.2 Å². The van der Waals surface area contributed by atoms with Crippen molar-refractivity contribution in [3.05, 3.63) is 38.9 Å². The summed E-state index contributed by atoms with van der Waals surface area (Å²) in [5, 5.41) is 2.99. The lowest BCUT2D eigenvalue weighted by atomic mass is 10.1. The van der Waals surface area contributed by atoms with Gasteiger partial charge < -0.3 is 5.73 Å². The van der Waals surface area contributed by atoms with Gasteiger partial charge in [-0.15, -0.1) is 0 Å². The van der Waals surface area contributed by atoms with E-state index in [1.807, 2.05) is 19.9 Å². The molecule has 2 heterocycles. The number of nitrogens with two attached hydrogens (primary N) is 1. The molecular formula is C11H13BrN4O. The smallest absolute Gasteiger partial charge is 0.296 e. The highest BCUT2D eigenvalue weighted by molar-refractivity contribution is 9.10. The second-order valence-corrected chi connectivity index (χ2v) is 4.98. The predicted octanol–water partition coefficient (Wildman–Crippen LogP) is 2.03. The number of hydrogen-bond donors (Lipinski definition) is 2. The fourth-order valence-corrected chi connectivity index (χ4v) is 1.80. The molecule has 6 heteroatoms. The number of nitrogens with one attached hydrogen (secondary N) is 1. The van der Waals surface area contributed by atoms with Crippen LogP contribution in [0.25, 0.3) is 5.82 Å².